The van der Waals surface area contributed by atoms with Crippen LogP contribution < -0.4 is 9.80 Å². The van der Waals surface area contributed by atoms with E-state index in [9.17, 15) is 9.59 Å². The second kappa shape index (κ2) is 9.27. The number of fused-ring (bicyclic) bond motifs is 1. The van der Waals surface area contributed by atoms with E-state index in [0.29, 0.717) is 17.9 Å². The molecule has 0 bridgehead atoms. The highest BCUT2D eigenvalue weighted by molar-refractivity contribution is 6.01. The van der Waals surface area contributed by atoms with Crippen LogP contribution >= 0.6 is 0 Å². The van der Waals surface area contributed by atoms with Crippen LogP contribution in [0.2, 0.25) is 0 Å². The standard InChI is InChI=1S/C23H26N6O4/c1-15(2)33-22(30)28-12-16(3)29(23(31)32-4)20-6-5-17(9-21(20)28)18-10-26-27(13-18)14-19-11-24-7-8-25-19/h5-11,13,15-16H,12,14H2,1-4H3/t16-/m0/s1. The Hall–Kier alpha value is -3.95. The molecule has 0 unspecified atom stereocenters. The molecule has 10 nitrogen and oxygen atoms in total. The highest BCUT2D eigenvalue weighted by atomic mass is 16.6. The molecule has 3 heterocycles. The number of carbonyl (C=O) groups excluding carboxylic acids is 2. The van der Waals surface area contributed by atoms with Gasteiger partial charge in [-0.2, -0.15) is 5.10 Å². The van der Waals surface area contributed by atoms with E-state index in [1.54, 1.807) is 53.1 Å². The van der Waals surface area contributed by atoms with Crippen LogP contribution in [0.5, 0.6) is 0 Å². The SMILES string of the molecule is COC(=O)N1c2ccc(-c3cnn(Cc4cnccn4)c3)cc2N(C(=O)OC(C)C)C[C@@H]1C. The highest BCUT2D eigenvalue weighted by Crippen LogP contribution is 2.39. The van der Waals surface area contributed by atoms with E-state index in [4.69, 9.17) is 9.47 Å². The summed E-state index contributed by atoms with van der Waals surface area (Å²) in [6.45, 7) is 6.23. The van der Waals surface area contributed by atoms with Crippen LogP contribution in [0.1, 0.15) is 26.5 Å². The van der Waals surface area contributed by atoms with E-state index in [0.717, 1.165) is 16.8 Å². The van der Waals surface area contributed by atoms with Crippen molar-refractivity contribution in [3.8, 4) is 11.1 Å². The molecule has 1 atom stereocenters. The zero-order valence-electron chi connectivity index (χ0n) is 19.0. The highest BCUT2D eigenvalue weighted by Gasteiger charge is 2.36. The van der Waals surface area contributed by atoms with Crippen LogP contribution in [-0.4, -0.2) is 57.7 Å². The number of amides is 2. The molecule has 0 saturated heterocycles. The minimum Gasteiger partial charge on any atom is -0.452 e. The first-order valence-corrected chi connectivity index (χ1v) is 10.6. The number of ether oxygens (including phenoxy) is 2. The number of methoxy groups -OCH3 is 1. The van der Waals surface area contributed by atoms with E-state index in [1.807, 2.05) is 31.3 Å². The van der Waals surface area contributed by atoms with Gasteiger partial charge in [0.05, 0.1) is 61.8 Å². The molecule has 1 aromatic carbocycles. The third-order valence-corrected chi connectivity index (χ3v) is 5.25. The van der Waals surface area contributed by atoms with E-state index in [2.05, 4.69) is 15.1 Å². The van der Waals surface area contributed by atoms with E-state index in [1.165, 1.54) is 7.11 Å². The molecule has 3 aromatic rings. The van der Waals surface area contributed by atoms with Gasteiger partial charge in [0.25, 0.3) is 0 Å². The maximum Gasteiger partial charge on any atom is 0.414 e. The van der Waals surface area contributed by atoms with Crippen LogP contribution in [-0.2, 0) is 16.0 Å². The molecule has 2 aromatic heterocycles. The topological polar surface area (TPSA) is 103 Å². The van der Waals surface area contributed by atoms with Gasteiger partial charge in [-0.1, -0.05) is 6.07 Å². The molecule has 0 N–H and O–H groups in total. The van der Waals surface area contributed by atoms with Crippen molar-refractivity contribution in [2.75, 3.05) is 23.5 Å². The van der Waals surface area contributed by atoms with Crippen LogP contribution in [0.15, 0.2) is 49.2 Å². The second-order valence-corrected chi connectivity index (χ2v) is 8.06. The van der Waals surface area contributed by atoms with Gasteiger partial charge in [0.15, 0.2) is 0 Å². The van der Waals surface area contributed by atoms with Gasteiger partial charge in [-0.15, -0.1) is 0 Å². The van der Waals surface area contributed by atoms with Gasteiger partial charge in [0, 0.05) is 24.2 Å². The average Bonchev–Trinajstić information content (AvgIpc) is 3.26. The Morgan fingerprint density at radius 3 is 2.64 bits per heavy atom. The summed E-state index contributed by atoms with van der Waals surface area (Å²) in [4.78, 5) is 36.8. The lowest BCUT2D eigenvalue weighted by atomic mass is 10.0. The predicted octanol–water partition coefficient (Wildman–Crippen LogP) is 3.71. The summed E-state index contributed by atoms with van der Waals surface area (Å²) < 4.78 is 12.2. The maximum absolute atomic E-state index is 12.9. The van der Waals surface area contributed by atoms with Gasteiger partial charge in [-0.3, -0.25) is 24.4 Å². The summed E-state index contributed by atoms with van der Waals surface area (Å²) in [5, 5.41) is 4.42. The van der Waals surface area contributed by atoms with Crippen molar-refractivity contribution in [2.24, 2.45) is 0 Å². The van der Waals surface area contributed by atoms with Crippen molar-refractivity contribution in [3.05, 3.63) is 54.9 Å². The van der Waals surface area contributed by atoms with Gasteiger partial charge in [-0.25, -0.2) is 9.59 Å². The molecule has 4 rings (SSSR count). The minimum atomic E-state index is -0.481. The summed E-state index contributed by atoms with van der Waals surface area (Å²) in [5.74, 6) is 0. The second-order valence-electron chi connectivity index (χ2n) is 8.06. The van der Waals surface area contributed by atoms with Crippen LogP contribution in [0.4, 0.5) is 21.0 Å². The lowest BCUT2D eigenvalue weighted by Crippen LogP contribution is -2.52. The fraction of sp³-hybridized carbons (Fsp3) is 0.348. The van der Waals surface area contributed by atoms with Crippen molar-refractivity contribution >= 4 is 23.6 Å². The zero-order chi connectivity index (χ0) is 23.5. The number of aromatic nitrogens is 4. The van der Waals surface area contributed by atoms with Crippen LogP contribution in [0.3, 0.4) is 0 Å². The van der Waals surface area contributed by atoms with Crippen molar-refractivity contribution in [1.29, 1.82) is 0 Å². The van der Waals surface area contributed by atoms with E-state index in [-0.39, 0.29) is 18.7 Å². The number of benzene rings is 1. The number of carbonyl (C=O) groups is 2. The molecule has 1 aliphatic heterocycles. The summed E-state index contributed by atoms with van der Waals surface area (Å²) in [6.07, 6.45) is 7.40. The Bertz CT molecular complexity index is 1150. The lowest BCUT2D eigenvalue weighted by Gasteiger charge is -2.40. The minimum absolute atomic E-state index is 0.266. The number of hydrogen-bond donors (Lipinski definition) is 0. The number of hydrogen-bond acceptors (Lipinski definition) is 7. The summed E-state index contributed by atoms with van der Waals surface area (Å²) >= 11 is 0. The Labute approximate surface area is 191 Å². The molecular formula is C23H26N6O4. The third-order valence-electron chi connectivity index (χ3n) is 5.25. The summed E-state index contributed by atoms with van der Waals surface area (Å²) in [7, 11) is 1.34. The fourth-order valence-corrected chi connectivity index (χ4v) is 3.80. The van der Waals surface area contributed by atoms with Crippen molar-refractivity contribution in [3.63, 3.8) is 0 Å². The summed E-state index contributed by atoms with van der Waals surface area (Å²) in [5.41, 5.74) is 3.66. The quantitative estimate of drug-likeness (QED) is 0.597. The molecule has 10 heteroatoms. The number of anilines is 2. The van der Waals surface area contributed by atoms with Gasteiger partial charge >= 0.3 is 12.2 Å². The molecule has 172 valence electrons. The normalized spacial score (nSPS) is 15.4. The summed E-state index contributed by atoms with van der Waals surface area (Å²) in [6, 6.07) is 5.28. The average molecular weight is 450 g/mol. The van der Waals surface area contributed by atoms with Gasteiger partial charge in [0.2, 0.25) is 0 Å². The Morgan fingerprint density at radius 1 is 1.12 bits per heavy atom. The van der Waals surface area contributed by atoms with Crippen molar-refractivity contribution < 1.29 is 19.1 Å². The molecule has 2 amide bonds. The van der Waals surface area contributed by atoms with E-state index < -0.39 is 12.2 Å². The Balaban J connectivity index is 1.70. The van der Waals surface area contributed by atoms with Gasteiger partial charge in [-0.05, 0) is 38.5 Å². The van der Waals surface area contributed by atoms with Crippen LogP contribution in [0, 0.1) is 0 Å². The third kappa shape index (κ3) is 4.64. The Morgan fingerprint density at radius 2 is 1.94 bits per heavy atom. The lowest BCUT2D eigenvalue weighted by molar-refractivity contribution is 0.121. The molecule has 0 aliphatic carbocycles. The molecule has 0 spiro atoms. The number of nitrogens with zero attached hydrogens (tertiary/aromatic N) is 6. The largest absolute Gasteiger partial charge is 0.452 e. The van der Waals surface area contributed by atoms with Crippen molar-refractivity contribution in [1.82, 2.24) is 19.7 Å². The first-order chi connectivity index (χ1) is 15.9. The maximum atomic E-state index is 12.9. The molecule has 33 heavy (non-hydrogen) atoms. The zero-order valence-corrected chi connectivity index (χ0v) is 19.0. The molecule has 0 fully saturated rings. The molecule has 0 saturated carbocycles. The van der Waals surface area contributed by atoms with Gasteiger partial charge in [0.1, 0.15) is 0 Å². The molecule has 0 radical (unpaired) electrons. The molecular weight excluding hydrogens is 424 g/mol. The first kappa shape index (κ1) is 22.3. The van der Waals surface area contributed by atoms with Crippen molar-refractivity contribution in [2.45, 2.75) is 39.5 Å². The predicted molar refractivity (Wildman–Crippen MR) is 122 cm³/mol. The van der Waals surface area contributed by atoms with Gasteiger partial charge < -0.3 is 9.47 Å². The fourth-order valence-electron chi connectivity index (χ4n) is 3.80. The first-order valence-electron chi connectivity index (χ1n) is 10.6. The Kier molecular flexibility index (Phi) is 6.25. The monoisotopic (exact) mass is 450 g/mol. The van der Waals surface area contributed by atoms with E-state index >= 15 is 0 Å². The smallest absolute Gasteiger partial charge is 0.414 e. The molecule has 1 aliphatic rings. The number of rotatable bonds is 4. The van der Waals surface area contributed by atoms with Crippen LogP contribution in [0.25, 0.3) is 11.1 Å².